The first-order valence-corrected chi connectivity index (χ1v) is 47.9. The number of ether oxygens (including phenoxy) is 13. The van der Waals surface area contributed by atoms with Crippen LogP contribution in [0.25, 0.3) is 0 Å². The molecule has 40 nitrogen and oxygen atoms in total. The number of anilines is 2. The molecule has 7 unspecified atom stereocenters. The fourth-order valence-corrected chi connectivity index (χ4v) is 18.6. The van der Waals surface area contributed by atoms with E-state index in [2.05, 4.69) is 61.5 Å². The van der Waals surface area contributed by atoms with E-state index in [4.69, 9.17) is 112 Å². The molecule has 4 aromatic heterocycles. The second kappa shape index (κ2) is 46.7. The van der Waals surface area contributed by atoms with Crippen molar-refractivity contribution in [3.05, 3.63) is 110 Å². The molecule has 4 fully saturated rings. The van der Waals surface area contributed by atoms with Gasteiger partial charge in [0.2, 0.25) is 0 Å². The van der Waals surface area contributed by atoms with E-state index in [1.165, 1.54) is 51.1 Å². The maximum Gasteiger partial charge on any atom is 0.473 e. The van der Waals surface area contributed by atoms with E-state index in [-0.39, 0.29) is 84.6 Å². The number of nitrogens with two attached hydrogens (primary N) is 2. The zero-order chi connectivity index (χ0) is 96.6. The van der Waals surface area contributed by atoms with Gasteiger partial charge in [-0.1, -0.05) is 83.1 Å². The first-order valence-electron chi connectivity index (χ1n) is 42.3. The van der Waals surface area contributed by atoms with Crippen LogP contribution in [0.2, 0.25) is 0 Å². The Balaban J connectivity index is 0.000000301. The van der Waals surface area contributed by atoms with Crippen LogP contribution in [0, 0.1) is 49.4 Å². The van der Waals surface area contributed by atoms with Gasteiger partial charge >= 0.3 is 45.1 Å². The van der Waals surface area contributed by atoms with Gasteiger partial charge in [0, 0.05) is 75.5 Å². The number of rotatable bonds is 35. The summed E-state index contributed by atoms with van der Waals surface area (Å²) in [5.74, 6) is 0.264. The minimum absolute atomic E-state index is 0.0119. The van der Waals surface area contributed by atoms with E-state index in [0.29, 0.717) is 61.3 Å². The molecule has 4 saturated heterocycles. The first-order chi connectivity index (χ1) is 58.1. The topological polar surface area (TPSA) is 502 Å². The summed E-state index contributed by atoms with van der Waals surface area (Å²) in [6.07, 6.45) is -4.25. The Labute approximate surface area is 750 Å². The number of nitrogen functional groups attached to an aromatic ring is 2. The number of phosphoric ester groups is 2. The van der Waals surface area contributed by atoms with Crippen molar-refractivity contribution in [3.8, 4) is 0 Å². The molecule has 0 radical (unpaired) electrons. The van der Waals surface area contributed by atoms with Gasteiger partial charge in [-0.25, -0.2) is 28.3 Å². The number of phosphoric acid groups is 2. The molecule has 0 saturated carbocycles. The molecular formula is C83H147N10O30P3S. The standard InChI is InChI=1S/C21H38N3O8P.C21H37N2O9P.C21H36N2O6.C20H36N3O7PS/c1-13-12-24(19(25)23-17(13)22)18-16(29-10-9-28-8)15(14(30-18)11-20(2,3)4)31-33(26,27)32-21(5,6)7;1-13-12-23(19(25)22-17(13)24)18-16(29-10-9-28-8)15(14(30-18)11-20(2,3)4)31-33(26,27)32-21(5,6)7;1-13-12-23(19(25)22-17(13)24)18-16(27-10-9-26-8)15(29-21(5,6)7)14(28-18)11-20(2,3)4;1-12(2)29-31(25,32)30-15-14(10-20(4,5)6)28-18(16(15)27-9-8-26-7)23-11-13(3)17(21)22-19(23)24/h12,14-16,18H,9-11H2,1-8H3,(H,26,27)(H2,22,23,25);12,14-16,18H,9-11H2,1-8H3,(H,26,27)(H,22,24,25);12,14-16,18H,9-11H2,1-8H3,(H,22,24,25);11-12,14-16,18H,8-10H2,1-7H3,(H,25,32)(H2,21,22,24)/t3*14-,15?,16+,18-;14-,15?,16+,18-,31?/m1111/s1. The average molecular weight is 1890 g/mol. The number of nitrogens with zero attached hydrogens (tertiary/aromatic N) is 6. The largest absolute Gasteiger partial charge is 0.473 e. The van der Waals surface area contributed by atoms with Crippen molar-refractivity contribution >= 4 is 45.8 Å². The maximum atomic E-state index is 12.9. The van der Waals surface area contributed by atoms with Crippen LogP contribution in [0.1, 0.15) is 232 Å². The summed E-state index contributed by atoms with van der Waals surface area (Å²) in [4.78, 5) is 118. The second-order valence-corrected chi connectivity index (χ2v) is 45.4. The van der Waals surface area contributed by atoms with Gasteiger partial charge in [0.1, 0.15) is 60.5 Å². The molecule has 19 atom stereocenters. The first kappa shape index (κ1) is 112. The van der Waals surface area contributed by atoms with Crippen molar-refractivity contribution in [3.63, 3.8) is 0 Å². The molecule has 9 N–H and O–H groups in total. The highest BCUT2D eigenvalue weighted by Crippen LogP contribution is 2.56. The van der Waals surface area contributed by atoms with Gasteiger partial charge < -0.3 is 92.3 Å². The normalized spacial score (nSPS) is 25.8. The minimum Gasteiger partial charge on any atom is -0.383 e. The van der Waals surface area contributed by atoms with Crippen LogP contribution in [0.15, 0.2) is 53.6 Å². The van der Waals surface area contributed by atoms with Crippen molar-refractivity contribution in [1.29, 1.82) is 0 Å². The van der Waals surface area contributed by atoms with Gasteiger partial charge in [-0.15, -0.1) is 0 Å². The van der Waals surface area contributed by atoms with Gasteiger partial charge in [-0.3, -0.25) is 60.4 Å². The van der Waals surface area contributed by atoms with Crippen molar-refractivity contribution in [2.45, 2.75) is 334 Å². The summed E-state index contributed by atoms with van der Waals surface area (Å²) >= 11 is 5.25. The smallest absolute Gasteiger partial charge is 0.383 e. The highest BCUT2D eigenvalue weighted by atomic mass is 32.5. The molecule has 8 heterocycles. The van der Waals surface area contributed by atoms with Gasteiger partial charge in [0.25, 0.3) is 11.1 Å². The van der Waals surface area contributed by atoms with Crippen molar-refractivity contribution in [2.24, 2.45) is 21.7 Å². The second-order valence-electron chi connectivity index (χ2n) is 40.0. The number of aromatic nitrogens is 8. The summed E-state index contributed by atoms with van der Waals surface area (Å²) in [7, 11) is -2.83. The summed E-state index contributed by atoms with van der Waals surface area (Å²) in [5.41, 5.74) is 7.25. The Morgan fingerprint density at radius 3 is 0.929 bits per heavy atom. The van der Waals surface area contributed by atoms with Crippen LogP contribution in [0.4, 0.5) is 11.6 Å². The maximum absolute atomic E-state index is 12.9. The van der Waals surface area contributed by atoms with Crippen molar-refractivity contribution < 1.29 is 113 Å². The number of H-pyrrole nitrogens is 2. The van der Waals surface area contributed by atoms with E-state index in [0.717, 1.165) is 6.42 Å². The molecule has 0 aromatic carbocycles. The predicted molar refractivity (Wildman–Crippen MR) is 479 cm³/mol. The van der Waals surface area contributed by atoms with E-state index >= 15 is 0 Å². The fraction of sp³-hybridized carbons (Fsp3) is 0.807. The van der Waals surface area contributed by atoms with Crippen molar-refractivity contribution in [2.75, 3.05) is 92.8 Å². The molecule has 0 aliphatic carbocycles. The SMILES string of the molecule is COCCO[C@H]1C(OC(C)(C)C)[C@@H](CC(C)(C)C)O[C@H]1n1cc(C)c(=O)[nH]c1=O.COCCO[C@H]1C(OP(=O)(O)OC(C)(C)C)[C@@H](CC(C)(C)C)O[C@H]1n1cc(C)c(=O)[nH]c1=O.COCCO[C@H]1C(OP(=O)(O)OC(C)(C)C)[C@@H](CC(C)(C)C)O[C@H]1n1cc(C)c(N)nc1=O.COCCO[C@H]1C(OP(O)(=S)OC(C)C)[C@@H](CC(C)(C)C)O[C@H]1n1cc(C)c(N)nc1=O. The molecule has 127 heavy (non-hydrogen) atoms. The Morgan fingerprint density at radius 2 is 0.669 bits per heavy atom. The predicted octanol–water partition coefficient (Wildman–Crippen LogP) is 10.2. The van der Waals surface area contributed by atoms with Crippen LogP contribution < -0.4 is 45.3 Å². The fourth-order valence-electron chi connectivity index (χ4n) is 14.1. The highest BCUT2D eigenvalue weighted by Gasteiger charge is 2.56. The number of hydrogen-bond donors (Lipinski definition) is 7. The third-order valence-corrected chi connectivity index (χ3v) is 23.2. The third kappa shape index (κ3) is 36.7. The molecule has 8 rings (SSSR count). The highest BCUT2D eigenvalue weighted by molar-refractivity contribution is 8.07. The molecule has 44 heteroatoms. The van der Waals surface area contributed by atoms with Gasteiger partial charge in [0.05, 0.1) is 100 Å². The van der Waals surface area contributed by atoms with E-state index in [1.54, 1.807) is 104 Å². The molecule has 730 valence electrons. The zero-order valence-electron chi connectivity index (χ0n) is 80.1. The molecule has 0 bridgehead atoms. The number of hydrogen-bond acceptors (Lipinski definition) is 32. The molecule has 4 aliphatic heterocycles. The molecular weight excluding hydrogens is 1740 g/mol. The quantitative estimate of drug-likeness (QED) is 0.0166. The lowest BCUT2D eigenvalue weighted by atomic mass is 9.87. The number of nitrogens with one attached hydrogen (secondary N) is 2. The summed E-state index contributed by atoms with van der Waals surface area (Å²) in [6.45, 7) is 49.0. The summed E-state index contributed by atoms with van der Waals surface area (Å²) in [6, 6.07) is 0. The molecule has 0 amide bonds. The number of methoxy groups -OCH3 is 4. The van der Waals surface area contributed by atoms with Crippen LogP contribution >= 0.6 is 22.4 Å². The number of aryl methyl sites for hydroxylation is 4. The van der Waals surface area contributed by atoms with Crippen LogP contribution in [-0.2, 0) is 110 Å². The zero-order valence-corrected chi connectivity index (χ0v) is 83.6. The van der Waals surface area contributed by atoms with Crippen LogP contribution in [-0.4, -0.2) is 230 Å². The van der Waals surface area contributed by atoms with Crippen molar-refractivity contribution in [1.82, 2.24) is 38.2 Å². The van der Waals surface area contributed by atoms with E-state index in [1.807, 2.05) is 62.3 Å². The minimum atomic E-state index is -4.53. The Kier molecular flexibility index (Phi) is 41.4. The lowest BCUT2D eigenvalue weighted by Gasteiger charge is -2.33. The average Bonchev–Trinajstić information content (AvgIpc) is 1.64. The van der Waals surface area contributed by atoms with Gasteiger partial charge in [-0.2, -0.15) is 9.97 Å². The monoisotopic (exact) mass is 1890 g/mol. The lowest BCUT2D eigenvalue weighted by molar-refractivity contribution is -0.134. The Hall–Kier alpha value is -5.05. The van der Waals surface area contributed by atoms with Gasteiger partial charge in [-0.05, 0) is 163 Å². The molecule has 4 aromatic rings. The van der Waals surface area contributed by atoms with Crippen LogP contribution in [0.5, 0.6) is 0 Å². The van der Waals surface area contributed by atoms with Gasteiger partial charge in [0.15, 0.2) is 24.9 Å². The Morgan fingerprint density at radius 1 is 0.409 bits per heavy atom. The lowest BCUT2D eigenvalue weighted by Crippen LogP contribution is -2.44. The van der Waals surface area contributed by atoms with E-state index in [9.17, 15) is 52.6 Å². The number of aromatic amines is 2. The summed E-state index contributed by atoms with van der Waals surface area (Å²) in [5, 5.41) is 0. The van der Waals surface area contributed by atoms with E-state index < -0.39 is 159 Å². The summed E-state index contributed by atoms with van der Waals surface area (Å²) < 4.78 is 140. The molecule has 4 aliphatic rings. The van der Waals surface area contributed by atoms with Crippen LogP contribution in [0.3, 0.4) is 0 Å². The third-order valence-electron chi connectivity index (χ3n) is 18.9. The molecule has 0 spiro atoms. The Bertz CT molecular complexity index is 4690.